The zero-order valence-corrected chi connectivity index (χ0v) is 13.0. The van der Waals surface area contributed by atoms with E-state index in [2.05, 4.69) is 30.8 Å². The van der Waals surface area contributed by atoms with Crippen molar-refractivity contribution in [2.45, 2.75) is 26.9 Å². The van der Waals surface area contributed by atoms with Gasteiger partial charge in [-0.15, -0.1) is 21.5 Å². The summed E-state index contributed by atoms with van der Waals surface area (Å²) in [5.74, 6) is 2.48. The van der Waals surface area contributed by atoms with Gasteiger partial charge in [0.15, 0.2) is 11.8 Å². The predicted molar refractivity (Wildman–Crippen MR) is 79.6 cm³/mol. The van der Waals surface area contributed by atoms with Gasteiger partial charge >= 0.3 is 0 Å². The van der Waals surface area contributed by atoms with Crippen LogP contribution in [-0.2, 0) is 20.1 Å². The molecule has 2 N–H and O–H groups in total. The minimum Gasteiger partial charge on any atom is -0.350 e. The number of aromatic nitrogens is 4. The van der Waals surface area contributed by atoms with Crippen LogP contribution in [0.25, 0.3) is 0 Å². The highest BCUT2D eigenvalue weighted by Crippen LogP contribution is 2.07. The Labute approximate surface area is 122 Å². The van der Waals surface area contributed by atoms with Crippen LogP contribution in [-0.4, -0.2) is 32.8 Å². The van der Waals surface area contributed by atoms with Crippen molar-refractivity contribution in [3.63, 3.8) is 0 Å². The van der Waals surface area contributed by atoms with Crippen molar-refractivity contribution < 1.29 is 0 Å². The van der Waals surface area contributed by atoms with Crippen LogP contribution in [0.1, 0.15) is 22.4 Å². The molecule has 108 valence electrons. The van der Waals surface area contributed by atoms with Crippen LogP contribution in [0.4, 0.5) is 0 Å². The maximum Gasteiger partial charge on any atom is 0.191 e. The van der Waals surface area contributed by atoms with Gasteiger partial charge in [0.25, 0.3) is 0 Å². The number of thiazole rings is 1. The maximum atomic E-state index is 4.40. The zero-order valence-electron chi connectivity index (χ0n) is 12.1. The van der Waals surface area contributed by atoms with E-state index in [-0.39, 0.29) is 0 Å². The summed E-state index contributed by atoms with van der Waals surface area (Å²) in [5.41, 5.74) is 1.05. The Morgan fingerprint density at radius 2 is 2.05 bits per heavy atom. The van der Waals surface area contributed by atoms with E-state index in [1.807, 2.05) is 30.8 Å². The Hall–Kier alpha value is -1.96. The van der Waals surface area contributed by atoms with Gasteiger partial charge in [0.1, 0.15) is 10.8 Å². The molecule has 0 aliphatic rings. The van der Waals surface area contributed by atoms with Gasteiger partial charge < -0.3 is 15.2 Å². The van der Waals surface area contributed by atoms with Crippen molar-refractivity contribution in [3.05, 3.63) is 27.7 Å². The van der Waals surface area contributed by atoms with Gasteiger partial charge in [0.2, 0.25) is 0 Å². The first-order chi connectivity index (χ1) is 9.60. The molecule has 2 rings (SSSR count). The molecular weight excluding hydrogens is 274 g/mol. The molecule has 0 saturated heterocycles. The highest BCUT2D eigenvalue weighted by Gasteiger charge is 2.06. The average molecular weight is 293 g/mol. The Morgan fingerprint density at radius 1 is 1.30 bits per heavy atom. The number of nitrogens with one attached hydrogen (secondary N) is 2. The highest BCUT2D eigenvalue weighted by molar-refractivity contribution is 7.09. The van der Waals surface area contributed by atoms with Crippen LogP contribution in [0.2, 0.25) is 0 Å². The Balaban J connectivity index is 1.85. The summed E-state index contributed by atoms with van der Waals surface area (Å²) in [4.78, 5) is 8.57. The lowest BCUT2D eigenvalue weighted by Crippen LogP contribution is -2.36. The molecule has 2 aromatic rings. The van der Waals surface area contributed by atoms with E-state index in [1.165, 1.54) is 0 Å². The minimum absolute atomic E-state index is 0.577. The standard InChI is InChI=1S/C12H19N7S/c1-8-7-20-11(16-8)6-15-12(13-3)14-5-10-18-17-9(2)19(10)4/h7H,5-6H2,1-4H3,(H2,13,14,15). The first kappa shape index (κ1) is 14.4. The molecule has 0 aliphatic carbocycles. The summed E-state index contributed by atoms with van der Waals surface area (Å²) in [6.07, 6.45) is 0. The molecule has 0 unspecified atom stereocenters. The Kier molecular flexibility index (Phi) is 4.67. The molecule has 0 radical (unpaired) electrons. The summed E-state index contributed by atoms with van der Waals surface area (Å²) >= 11 is 1.64. The third-order valence-corrected chi connectivity index (χ3v) is 3.86. The third kappa shape index (κ3) is 3.53. The largest absolute Gasteiger partial charge is 0.350 e. The SMILES string of the molecule is CN=C(NCc1nc(C)cs1)NCc1nnc(C)n1C. The molecule has 2 heterocycles. The second-order valence-electron chi connectivity index (χ2n) is 4.38. The van der Waals surface area contributed by atoms with E-state index in [9.17, 15) is 0 Å². The quantitative estimate of drug-likeness (QED) is 0.642. The van der Waals surface area contributed by atoms with Crippen molar-refractivity contribution in [1.29, 1.82) is 0 Å². The van der Waals surface area contributed by atoms with Crippen molar-refractivity contribution in [2.75, 3.05) is 7.05 Å². The van der Waals surface area contributed by atoms with Crippen LogP contribution in [0, 0.1) is 13.8 Å². The van der Waals surface area contributed by atoms with Gasteiger partial charge in [0.05, 0.1) is 13.1 Å². The van der Waals surface area contributed by atoms with Crippen LogP contribution < -0.4 is 10.6 Å². The molecule has 0 saturated carbocycles. The molecular formula is C12H19N7S. The number of aliphatic imine (C=N–C) groups is 1. The maximum absolute atomic E-state index is 4.40. The van der Waals surface area contributed by atoms with E-state index < -0.39 is 0 Å². The van der Waals surface area contributed by atoms with Gasteiger partial charge in [-0.1, -0.05) is 0 Å². The van der Waals surface area contributed by atoms with E-state index in [4.69, 9.17) is 0 Å². The number of nitrogens with zero attached hydrogens (tertiary/aromatic N) is 5. The summed E-state index contributed by atoms with van der Waals surface area (Å²) in [6.45, 7) is 5.15. The molecule has 0 aromatic carbocycles. The normalized spacial score (nSPS) is 11.7. The van der Waals surface area contributed by atoms with Crippen LogP contribution in [0.3, 0.4) is 0 Å². The molecule has 2 aromatic heterocycles. The zero-order chi connectivity index (χ0) is 14.5. The smallest absolute Gasteiger partial charge is 0.191 e. The van der Waals surface area contributed by atoms with E-state index in [0.717, 1.165) is 28.3 Å². The summed E-state index contributed by atoms with van der Waals surface area (Å²) in [6, 6.07) is 0. The highest BCUT2D eigenvalue weighted by atomic mass is 32.1. The lowest BCUT2D eigenvalue weighted by molar-refractivity contribution is 0.717. The molecule has 20 heavy (non-hydrogen) atoms. The predicted octanol–water partition coefficient (Wildman–Crippen LogP) is 0.754. The Morgan fingerprint density at radius 3 is 2.60 bits per heavy atom. The van der Waals surface area contributed by atoms with Crippen LogP contribution in [0.5, 0.6) is 0 Å². The first-order valence-electron chi connectivity index (χ1n) is 6.30. The molecule has 0 atom stereocenters. The van der Waals surface area contributed by atoms with Gasteiger partial charge in [-0.3, -0.25) is 4.99 Å². The first-order valence-corrected chi connectivity index (χ1v) is 7.18. The average Bonchev–Trinajstić information content (AvgIpc) is 2.99. The van der Waals surface area contributed by atoms with Crippen molar-refractivity contribution in [1.82, 2.24) is 30.4 Å². The minimum atomic E-state index is 0.577. The topological polar surface area (TPSA) is 80.0 Å². The molecule has 0 amide bonds. The number of hydrogen-bond acceptors (Lipinski definition) is 5. The van der Waals surface area contributed by atoms with Gasteiger partial charge in [-0.25, -0.2) is 4.98 Å². The third-order valence-electron chi connectivity index (χ3n) is 2.89. The molecule has 8 heteroatoms. The summed E-state index contributed by atoms with van der Waals surface area (Å²) < 4.78 is 1.95. The second kappa shape index (κ2) is 6.47. The molecule has 0 bridgehead atoms. The fraction of sp³-hybridized carbons (Fsp3) is 0.500. The van der Waals surface area contributed by atoms with E-state index in [1.54, 1.807) is 18.4 Å². The lowest BCUT2D eigenvalue weighted by atomic mass is 10.5. The fourth-order valence-corrected chi connectivity index (χ4v) is 2.34. The van der Waals surface area contributed by atoms with E-state index in [0.29, 0.717) is 13.1 Å². The second-order valence-corrected chi connectivity index (χ2v) is 5.33. The molecule has 0 aliphatic heterocycles. The van der Waals surface area contributed by atoms with Gasteiger partial charge in [-0.05, 0) is 13.8 Å². The number of rotatable bonds is 4. The van der Waals surface area contributed by atoms with Gasteiger partial charge in [0, 0.05) is 25.2 Å². The molecule has 7 nitrogen and oxygen atoms in total. The molecule has 0 spiro atoms. The van der Waals surface area contributed by atoms with Crippen LogP contribution >= 0.6 is 11.3 Å². The number of guanidine groups is 1. The summed E-state index contributed by atoms with van der Waals surface area (Å²) in [7, 11) is 3.69. The monoisotopic (exact) mass is 293 g/mol. The Bertz CT molecular complexity index is 599. The van der Waals surface area contributed by atoms with Crippen molar-refractivity contribution in [3.8, 4) is 0 Å². The van der Waals surface area contributed by atoms with Crippen molar-refractivity contribution in [2.24, 2.45) is 12.0 Å². The lowest BCUT2D eigenvalue weighted by Gasteiger charge is -2.10. The molecule has 0 fully saturated rings. The number of hydrogen-bond donors (Lipinski definition) is 2. The van der Waals surface area contributed by atoms with Crippen LogP contribution in [0.15, 0.2) is 10.4 Å². The van der Waals surface area contributed by atoms with E-state index >= 15 is 0 Å². The fourth-order valence-electron chi connectivity index (χ4n) is 1.63. The summed E-state index contributed by atoms with van der Waals surface area (Å²) in [5, 5.41) is 17.6. The number of aryl methyl sites for hydroxylation is 2. The van der Waals surface area contributed by atoms with Crippen molar-refractivity contribution >= 4 is 17.3 Å². The van der Waals surface area contributed by atoms with Gasteiger partial charge in [-0.2, -0.15) is 0 Å².